The summed E-state index contributed by atoms with van der Waals surface area (Å²) in [5.41, 5.74) is 0. The van der Waals surface area contributed by atoms with Gasteiger partial charge in [-0.2, -0.15) is 0 Å². The van der Waals surface area contributed by atoms with Crippen LogP contribution >= 0.6 is 11.6 Å². The Hall–Kier alpha value is -0.850. The zero-order valence-corrected chi connectivity index (χ0v) is 9.64. The highest BCUT2D eigenvalue weighted by atomic mass is 35.5. The van der Waals surface area contributed by atoms with E-state index >= 15 is 0 Å². The van der Waals surface area contributed by atoms with E-state index in [1.54, 1.807) is 0 Å². The van der Waals surface area contributed by atoms with Crippen molar-refractivity contribution < 1.29 is 28.9 Å². The molecule has 7 heteroatoms. The molecule has 92 valence electrons. The molecule has 4 atom stereocenters. The summed E-state index contributed by atoms with van der Waals surface area (Å²) in [7, 11) is 0. The summed E-state index contributed by atoms with van der Waals surface area (Å²) >= 11 is 5.92. The van der Waals surface area contributed by atoms with Crippen molar-refractivity contribution in [2.75, 3.05) is 6.61 Å². The van der Waals surface area contributed by atoms with Crippen molar-refractivity contribution in [1.82, 2.24) is 0 Å². The van der Waals surface area contributed by atoms with Crippen molar-refractivity contribution in [3.05, 3.63) is 0 Å². The lowest BCUT2D eigenvalue weighted by molar-refractivity contribution is -0.176. The van der Waals surface area contributed by atoms with Crippen molar-refractivity contribution in [1.29, 1.82) is 0 Å². The molecule has 6 nitrogen and oxygen atoms in total. The predicted octanol–water partition coefficient (Wildman–Crippen LogP) is -0.194. The van der Waals surface area contributed by atoms with Crippen LogP contribution in [0.1, 0.15) is 13.8 Å². The molecular weight excluding hydrogens is 240 g/mol. The quantitative estimate of drug-likeness (QED) is 0.554. The standard InChI is InChI=1S/C9H13ClO6/c1-4(12)14-8-6(3-11)16-9(7(8)10)15-5(2)13/h6-9,11H,3H2,1-2H3/t6-,7-,8-,9?/m1/s1. The summed E-state index contributed by atoms with van der Waals surface area (Å²) in [4.78, 5) is 21.5. The van der Waals surface area contributed by atoms with Crippen LogP contribution in [0.5, 0.6) is 0 Å². The van der Waals surface area contributed by atoms with Crippen LogP contribution in [0.25, 0.3) is 0 Å². The molecule has 0 radical (unpaired) electrons. The smallest absolute Gasteiger partial charge is 0.304 e. The number of carbonyl (C=O) groups excluding carboxylic acids is 2. The second-order valence-electron chi connectivity index (χ2n) is 3.35. The van der Waals surface area contributed by atoms with E-state index in [9.17, 15) is 9.59 Å². The van der Waals surface area contributed by atoms with Crippen LogP contribution in [0.4, 0.5) is 0 Å². The Morgan fingerprint density at radius 2 is 1.88 bits per heavy atom. The predicted molar refractivity (Wildman–Crippen MR) is 52.7 cm³/mol. The number of alkyl halides is 1. The highest BCUT2D eigenvalue weighted by Crippen LogP contribution is 2.29. The molecule has 0 aromatic carbocycles. The minimum atomic E-state index is -1.01. The lowest BCUT2D eigenvalue weighted by Crippen LogP contribution is -2.35. The second-order valence-corrected chi connectivity index (χ2v) is 3.86. The summed E-state index contributed by atoms with van der Waals surface area (Å²) in [6.45, 7) is 2.05. The van der Waals surface area contributed by atoms with Crippen LogP contribution in [0, 0.1) is 0 Å². The first-order chi connectivity index (χ1) is 7.45. The van der Waals surface area contributed by atoms with Crippen LogP contribution in [0.3, 0.4) is 0 Å². The molecule has 0 bridgehead atoms. The highest BCUT2D eigenvalue weighted by molar-refractivity contribution is 6.21. The Morgan fingerprint density at radius 1 is 1.31 bits per heavy atom. The number of aliphatic hydroxyl groups excluding tert-OH is 1. The van der Waals surface area contributed by atoms with Crippen LogP contribution < -0.4 is 0 Å². The number of rotatable bonds is 3. The van der Waals surface area contributed by atoms with Gasteiger partial charge in [0.15, 0.2) is 6.10 Å². The van der Waals surface area contributed by atoms with Crippen molar-refractivity contribution in [3.63, 3.8) is 0 Å². The summed E-state index contributed by atoms with van der Waals surface area (Å²) in [6, 6.07) is 0. The third-order valence-electron chi connectivity index (χ3n) is 2.01. The van der Waals surface area contributed by atoms with E-state index < -0.39 is 35.8 Å². The molecule has 1 rings (SSSR count). The lowest BCUT2D eigenvalue weighted by atomic mass is 10.2. The summed E-state index contributed by atoms with van der Waals surface area (Å²) in [6.07, 6.45) is -2.62. The van der Waals surface area contributed by atoms with Gasteiger partial charge in [0.1, 0.15) is 11.5 Å². The molecule has 1 aliphatic rings. The minimum Gasteiger partial charge on any atom is -0.458 e. The number of aliphatic hydroxyl groups is 1. The summed E-state index contributed by atoms with van der Waals surface area (Å²) in [5, 5.41) is 8.17. The topological polar surface area (TPSA) is 82.1 Å². The molecule has 1 aliphatic heterocycles. The van der Waals surface area contributed by atoms with Gasteiger partial charge < -0.3 is 19.3 Å². The zero-order valence-electron chi connectivity index (χ0n) is 8.88. The molecule has 16 heavy (non-hydrogen) atoms. The first-order valence-corrected chi connectivity index (χ1v) is 5.14. The van der Waals surface area contributed by atoms with Crippen molar-refractivity contribution in [2.45, 2.75) is 37.7 Å². The number of hydrogen-bond donors (Lipinski definition) is 1. The number of ether oxygens (including phenoxy) is 3. The molecule has 1 unspecified atom stereocenters. The first-order valence-electron chi connectivity index (χ1n) is 4.70. The third-order valence-corrected chi connectivity index (χ3v) is 2.47. The Balaban J connectivity index is 2.68. The zero-order chi connectivity index (χ0) is 12.3. The number of hydrogen-bond acceptors (Lipinski definition) is 6. The van der Waals surface area contributed by atoms with Gasteiger partial charge in [-0.25, -0.2) is 0 Å². The van der Waals surface area contributed by atoms with E-state index in [-0.39, 0.29) is 6.61 Å². The molecule has 0 aliphatic carbocycles. The van der Waals surface area contributed by atoms with Gasteiger partial charge >= 0.3 is 11.9 Å². The van der Waals surface area contributed by atoms with Crippen molar-refractivity contribution in [2.24, 2.45) is 0 Å². The molecule has 0 aromatic heterocycles. The molecule has 0 aromatic rings. The molecule has 1 N–H and O–H groups in total. The van der Waals surface area contributed by atoms with Crippen LogP contribution in [-0.2, 0) is 23.8 Å². The Morgan fingerprint density at radius 3 is 2.31 bits per heavy atom. The van der Waals surface area contributed by atoms with E-state index in [1.807, 2.05) is 0 Å². The normalized spacial score (nSPS) is 33.5. The average Bonchev–Trinajstić information content (AvgIpc) is 2.44. The Labute approximate surface area is 97.4 Å². The van der Waals surface area contributed by atoms with E-state index in [4.69, 9.17) is 30.9 Å². The minimum absolute atomic E-state index is 0.376. The first kappa shape index (κ1) is 13.2. The maximum absolute atomic E-state index is 10.8. The number of esters is 2. The maximum atomic E-state index is 10.8. The van der Waals surface area contributed by atoms with Gasteiger partial charge in [-0.1, -0.05) is 0 Å². The summed E-state index contributed by atoms with van der Waals surface area (Å²) < 4.78 is 14.8. The van der Waals surface area contributed by atoms with Gasteiger partial charge in [0.05, 0.1) is 6.61 Å². The number of halogens is 1. The highest BCUT2D eigenvalue weighted by Gasteiger charge is 2.47. The van der Waals surface area contributed by atoms with E-state index in [2.05, 4.69) is 0 Å². The lowest BCUT2D eigenvalue weighted by Gasteiger charge is -2.17. The van der Waals surface area contributed by atoms with E-state index in [1.165, 1.54) is 13.8 Å². The van der Waals surface area contributed by atoms with Gasteiger partial charge in [-0.05, 0) is 0 Å². The molecule has 1 fully saturated rings. The second kappa shape index (κ2) is 5.47. The van der Waals surface area contributed by atoms with Crippen molar-refractivity contribution >= 4 is 23.5 Å². The Kier molecular flexibility index (Phi) is 4.52. The molecule has 0 amide bonds. The van der Waals surface area contributed by atoms with Gasteiger partial charge in [-0.15, -0.1) is 11.6 Å². The fourth-order valence-corrected chi connectivity index (χ4v) is 1.75. The fourth-order valence-electron chi connectivity index (χ4n) is 1.42. The SMILES string of the molecule is CC(=O)OC1O[C@H](CO)[C@@H](OC(C)=O)[C@H]1Cl. The Bertz CT molecular complexity index is 281. The molecule has 0 spiro atoms. The molecule has 1 saturated heterocycles. The largest absolute Gasteiger partial charge is 0.458 e. The van der Waals surface area contributed by atoms with Crippen molar-refractivity contribution in [3.8, 4) is 0 Å². The molecular formula is C9H13ClO6. The van der Waals surface area contributed by atoms with E-state index in [0.717, 1.165) is 0 Å². The van der Waals surface area contributed by atoms with E-state index in [0.29, 0.717) is 0 Å². The van der Waals surface area contributed by atoms with Gasteiger partial charge in [-0.3, -0.25) is 9.59 Å². The van der Waals surface area contributed by atoms with Gasteiger partial charge in [0, 0.05) is 13.8 Å². The monoisotopic (exact) mass is 252 g/mol. The van der Waals surface area contributed by atoms with Gasteiger partial charge in [0.25, 0.3) is 0 Å². The van der Waals surface area contributed by atoms with Gasteiger partial charge in [0.2, 0.25) is 6.29 Å². The molecule has 1 heterocycles. The van der Waals surface area contributed by atoms with Crippen LogP contribution in [-0.4, -0.2) is 47.5 Å². The fraction of sp³-hybridized carbons (Fsp3) is 0.778. The number of carbonyl (C=O) groups is 2. The molecule has 0 saturated carbocycles. The third kappa shape index (κ3) is 3.07. The summed E-state index contributed by atoms with van der Waals surface area (Å²) in [5.74, 6) is -1.10. The maximum Gasteiger partial charge on any atom is 0.304 e. The van der Waals surface area contributed by atoms with Crippen LogP contribution in [0.2, 0.25) is 0 Å². The van der Waals surface area contributed by atoms with Crippen LogP contribution in [0.15, 0.2) is 0 Å². The average molecular weight is 253 g/mol.